The molecule has 0 unspecified atom stereocenters. The Morgan fingerprint density at radius 3 is 2.32 bits per heavy atom. The Labute approximate surface area is 146 Å². The number of phenolic OH excluding ortho intramolecular Hbond substituents is 1. The quantitative estimate of drug-likeness (QED) is 0.616. The maximum atomic E-state index is 11.7. The topological polar surface area (TPSA) is 75.6 Å². The van der Waals surface area contributed by atoms with Crippen LogP contribution in [0.4, 0.5) is 5.69 Å². The third-order valence-electron chi connectivity index (χ3n) is 3.64. The molecule has 25 heavy (non-hydrogen) atoms. The van der Waals surface area contributed by atoms with E-state index in [1.165, 1.54) is 7.11 Å². The van der Waals surface area contributed by atoms with Crippen LogP contribution in [0.5, 0.6) is 11.5 Å². The normalized spacial score (nSPS) is 10.9. The summed E-state index contributed by atoms with van der Waals surface area (Å²) < 4.78 is 5.07. The molecule has 2 rings (SSSR count). The monoisotopic (exact) mass is 339 g/mol. The molecule has 1 amide bonds. The van der Waals surface area contributed by atoms with Crippen LogP contribution in [0.3, 0.4) is 0 Å². The highest BCUT2D eigenvalue weighted by atomic mass is 16.5. The molecule has 0 radical (unpaired) electrons. The van der Waals surface area contributed by atoms with Gasteiger partial charge in [-0.15, -0.1) is 0 Å². The van der Waals surface area contributed by atoms with Crippen molar-refractivity contribution < 1.29 is 19.4 Å². The Hall–Kier alpha value is -3.08. The number of carbonyl (C=O) groups is 2. The molecule has 0 saturated heterocycles. The molecule has 0 aromatic heterocycles. The fourth-order valence-corrected chi connectivity index (χ4v) is 2.15. The van der Waals surface area contributed by atoms with Crippen LogP contribution < -0.4 is 10.1 Å². The van der Waals surface area contributed by atoms with Gasteiger partial charge in [-0.25, -0.2) is 0 Å². The summed E-state index contributed by atoms with van der Waals surface area (Å²) in [5.74, 6) is -0.0205. The van der Waals surface area contributed by atoms with E-state index in [9.17, 15) is 14.7 Å². The highest BCUT2D eigenvalue weighted by Crippen LogP contribution is 2.31. The first-order chi connectivity index (χ1) is 11.9. The fraction of sp³-hybridized carbons (Fsp3) is 0.200. The molecule has 2 aromatic carbocycles. The second-order valence-corrected chi connectivity index (χ2v) is 5.88. The average Bonchev–Trinajstić information content (AvgIpc) is 2.61. The van der Waals surface area contributed by atoms with E-state index in [0.29, 0.717) is 6.29 Å². The summed E-state index contributed by atoms with van der Waals surface area (Å²) in [6.07, 6.45) is 4.27. The third-order valence-corrected chi connectivity index (χ3v) is 3.64. The lowest BCUT2D eigenvalue weighted by Crippen LogP contribution is -2.17. The zero-order valence-corrected chi connectivity index (χ0v) is 14.4. The van der Waals surface area contributed by atoms with Crippen LogP contribution in [0.1, 0.15) is 35.3 Å². The van der Waals surface area contributed by atoms with Crippen LogP contribution >= 0.6 is 0 Å². The maximum absolute atomic E-state index is 11.7. The predicted octanol–water partition coefficient (Wildman–Crippen LogP) is 3.98. The van der Waals surface area contributed by atoms with Crippen molar-refractivity contribution in [1.29, 1.82) is 0 Å². The number of amides is 1. The number of rotatable bonds is 6. The van der Waals surface area contributed by atoms with Gasteiger partial charge in [-0.3, -0.25) is 9.59 Å². The van der Waals surface area contributed by atoms with Crippen molar-refractivity contribution in [3.8, 4) is 11.5 Å². The van der Waals surface area contributed by atoms with E-state index in [1.54, 1.807) is 12.1 Å². The summed E-state index contributed by atoms with van der Waals surface area (Å²) in [7, 11) is 1.43. The number of methoxy groups -OCH3 is 1. The van der Waals surface area contributed by atoms with Gasteiger partial charge in [-0.1, -0.05) is 38.1 Å². The van der Waals surface area contributed by atoms with Crippen LogP contribution in [0.2, 0.25) is 0 Å². The van der Waals surface area contributed by atoms with Crippen LogP contribution in [0.25, 0.3) is 12.2 Å². The van der Waals surface area contributed by atoms with Crippen molar-refractivity contribution in [3.05, 3.63) is 53.1 Å². The SMILES string of the molecule is COc1cc(/C=C/c2ccc(NC(=O)C(C)C)cc2)cc(C=O)c1O. The predicted molar refractivity (Wildman–Crippen MR) is 98.9 cm³/mol. The van der Waals surface area contributed by atoms with Crippen molar-refractivity contribution in [2.75, 3.05) is 12.4 Å². The molecular formula is C20H21NO4. The smallest absolute Gasteiger partial charge is 0.226 e. The van der Waals surface area contributed by atoms with Gasteiger partial charge in [0.2, 0.25) is 5.91 Å². The molecule has 0 fully saturated rings. The lowest BCUT2D eigenvalue weighted by atomic mass is 10.1. The average molecular weight is 339 g/mol. The molecule has 0 aliphatic heterocycles. The van der Waals surface area contributed by atoms with Crippen molar-refractivity contribution in [3.63, 3.8) is 0 Å². The van der Waals surface area contributed by atoms with Gasteiger partial charge in [0.05, 0.1) is 12.7 Å². The number of aromatic hydroxyl groups is 1. The fourth-order valence-electron chi connectivity index (χ4n) is 2.15. The molecular weight excluding hydrogens is 318 g/mol. The second kappa shape index (κ2) is 8.15. The van der Waals surface area contributed by atoms with Gasteiger partial charge in [0.25, 0.3) is 0 Å². The van der Waals surface area contributed by atoms with E-state index in [4.69, 9.17) is 4.74 Å². The minimum Gasteiger partial charge on any atom is -0.504 e. The number of nitrogens with one attached hydrogen (secondary N) is 1. The lowest BCUT2D eigenvalue weighted by Gasteiger charge is -2.08. The molecule has 0 heterocycles. The lowest BCUT2D eigenvalue weighted by molar-refractivity contribution is -0.118. The number of carbonyl (C=O) groups excluding carboxylic acids is 2. The molecule has 130 valence electrons. The van der Waals surface area contributed by atoms with E-state index >= 15 is 0 Å². The minimum atomic E-state index is -0.167. The van der Waals surface area contributed by atoms with E-state index in [2.05, 4.69) is 5.32 Å². The van der Waals surface area contributed by atoms with Crippen molar-refractivity contribution >= 4 is 30.0 Å². The summed E-state index contributed by atoms with van der Waals surface area (Å²) in [5, 5.41) is 12.7. The largest absolute Gasteiger partial charge is 0.504 e. The molecule has 0 saturated carbocycles. The van der Waals surface area contributed by atoms with Crippen LogP contribution in [-0.4, -0.2) is 24.4 Å². The van der Waals surface area contributed by atoms with Crippen LogP contribution in [0, 0.1) is 5.92 Å². The van der Waals surface area contributed by atoms with Gasteiger partial charge in [-0.05, 0) is 35.4 Å². The Kier molecular flexibility index (Phi) is 5.95. The first-order valence-electron chi connectivity index (χ1n) is 7.89. The van der Waals surface area contributed by atoms with Gasteiger partial charge in [0, 0.05) is 11.6 Å². The Morgan fingerprint density at radius 2 is 1.76 bits per heavy atom. The summed E-state index contributed by atoms with van der Waals surface area (Å²) in [6.45, 7) is 3.68. The number of hydrogen-bond acceptors (Lipinski definition) is 4. The maximum Gasteiger partial charge on any atom is 0.226 e. The summed E-state index contributed by atoms with van der Waals surface area (Å²) in [4.78, 5) is 22.7. The van der Waals surface area contributed by atoms with Crippen LogP contribution in [-0.2, 0) is 4.79 Å². The second-order valence-electron chi connectivity index (χ2n) is 5.88. The molecule has 0 aliphatic rings. The Morgan fingerprint density at radius 1 is 1.12 bits per heavy atom. The number of hydrogen-bond donors (Lipinski definition) is 2. The van der Waals surface area contributed by atoms with Crippen molar-refractivity contribution in [2.24, 2.45) is 5.92 Å². The minimum absolute atomic E-state index is 0.0270. The molecule has 0 bridgehead atoms. The number of ether oxygens (including phenoxy) is 1. The van der Waals surface area contributed by atoms with Gasteiger partial charge in [0.1, 0.15) is 0 Å². The highest BCUT2D eigenvalue weighted by Gasteiger charge is 2.09. The van der Waals surface area contributed by atoms with E-state index < -0.39 is 0 Å². The molecule has 2 aromatic rings. The zero-order valence-electron chi connectivity index (χ0n) is 14.4. The summed E-state index contributed by atoms with van der Waals surface area (Å²) >= 11 is 0. The summed E-state index contributed by atoms with van der Waals surface area (Å²) in [6, 6.07) is 10.6. The van der Waals surface area contributed by atoms with Crippen LogP contribution in [0.15, 0.2) is 36.4 Å². The van der Waals surface area contributed by atoms with Crippen molar-refractivity contribution in [2.45, 2.75) is 13.8 Å². The number of benzene rings is 2. The van der Waals surface area contributed by atoms with Gasteiger partial charge >= 0.3 is 0 Å². The summed E-state index contributed by atoms with van der Waals surface area (Å²) in [5.41, 5.74) is 2.58. The zero-order chi connectivity index (χ0) is 18.4. The van der Waals surface area contributed by atoms with Crippen molar-refractivity contribution in [1.82, 2.24) is 0 Å². The van der Waals surface area contributed by atoms with E-state index in [0.717, 1.165) is 16.8 Å². The molecule has 5 nitrogen and oxygen atoms in total. The number of aldehydes is 1. The molecule has 0 spiro atoms. The molecule has 0 aliphatic carbocycles. The highest BCUT2D eigenvalue weighted by molar-refractivity contribution is 5.92. The third kappa shape index (κ3) is 4.70. The van der Waals surface area contributed by atoms with Gasteiger partial charge < -0.3 is 15.2 Å². The Bertz CT molecular complexity index is 792. The van der Waals surface area contributed by atoms with E-state index in [-0.39, 0.29) is 28.9 Å². The standard InChI is InChI=1S/C20H21NO4/c1-13(2)20(24)21-17-8-6-14(7-9-17)4-5-15-10-16(12-22)19(23)18(11-15)25-3/h4-13,23H,1-3H3,(H,21,24)/b5-4+. The first-order valence-corrected chi connectivity index (χ1v) is 7.89. The van der Waals surface area contributed by atoms with Gasteiger partial charge in [0.15, 0.2) is 17.8 Å². The number of anilines is 1. The Balaban J connectivity index is 2.17. The van der Waals surface area contributed by atoms with E-state index in [1.807, 2.05) is 50.3 Å². The first kappa shape index (κ1) is 18.3. The molecule has 0 atom stereocenters. The molecule has 2 N–H and O–H groups in total. The number of phenols is 1. The molecule has 5 heteroatoms. The van der Waals surface area contributed by atoms with Gasteiger partial charge in [-0.2, -0.15) is 0 Å².